The molecule has 0 radical (unpaired) electrons. The molecule has 0 amide bonds. The van der Waals surface area contributed by atoms with E-state index in [1.165, 1.54) is 34.5 Å². The van der Waals surface area contributed by atoms with Crippen LogP contribution in [0.1, 0.15) is 0 Å². The van der Waals surface area contributed by atoms with Gasteiger partial charge < -0.3 is 0 Å². The zero-order valence-electron chi connectivity index (χ0n) is 8.35. The molecule has 15 heavy (non-hydrogen) atoms. The Bertz CT molecular complexity index is 205. The van der Waals surface area contributed by atoms with Crippen LogP contribution < -0.4 is 0 Å². The maximum atomic E-state index is 2.49. The van der Waals surface area contributed by atoms with Crippen LogP contribution in [0.2, 0.25) is 0 Å². The average molecular weight is 421 g/mol. The molecular weight excluding hydrogens is 407 g/mol. The molecule has 0 saturated carbocycles. The second-order valence-corrected chi connectivity index (χ2v) is 47.8. The molecular formula is C8H14S6Sn. The first kappa shape index (κ1) is 12.9. The summed E-state index contributed by atoms with van der Waals surface area (Å²) in [5, 5.41) is 2.09. The van der Waals surface area contributed by atoms with Crippen molar-refractivity contribution in [1.29, 1.82) is 0 Å². The number of thioether (sulfide) groups is 2. The molecule has 3 aliphatic heterocycles. The summed E-state index contributed by atoms with van der Waals surface area (Å²) in [6.07, 6.45) is 0. The molecule has 3 saturated heterocycles. The number of hydrogen-bond donors (Lipinski definition) is 0. The minimum atomic E-state index is -1.85. The summed E-state index contributed by atoms with van der Waals surface area (Å²) in [7, 11) is 9.83. The molecule has 0 aliphatic carbocycles. The quantitative estimate of drug-likeness (QED) is 0.632. The van der Waals surface area contributed by atoms with Gasteiger partial charge in [-0.2, -0.15) is 0 Å². The van der Waals surface area contributed by atoms with E-state index >= 15 is 0 Å². The fourth-order valence-electron chi connectivity index (χ4n) is 1.51. The molecule has 0 nitrogen and oxygen atoms in total. The number of hydrogen-bond acceptors (Lipinski definition) is 6. The van der Waals surface area contributed by atoms with E-state index in [0.717, 1.165) is 10.5 Å². The van der Waals surface area contributed by atoms with Gasteiger partial charge in [0.05, 0.1) is 0 Å². The Morgan fingerprint density at radius 3 is 1.60 bits per heavy atom. The Hall–Kier alpha value is 2.90. The zero-order valence-corrected chi connectivity index (χ0v) is 16.1. The van der Waals surface area contributed by atoms with Gasteiger partial charge in [0.15, 0.2) is 0 Å². The monoisotopic (exact) mass is 422 g/mol. The van der Waals surface area contributed by atoms with Gasteiger partial charge in [0.1, 0.15) is 0 Å². The van der Waals surface area contributed by atoms with Crippen molar-refractivity contribution < 1.29 is 0 Å². The van der Waals surface area contributed by atoms with Crippen LogP contribution in [0.5, 0.6) is 0 Å². The van der Waals surface area contributed by atoms with Crippen LogP contribution in [0, 0.1) is 0 Å². The van der Waals surface area contributed by atoms with E-state index in [1.54, 1.807) is 0 Å². The van der Waals surface area contributed by atoms with Crippen LogP contribution in [-0.2, 0) is 0 Å². The van der Waals surface area contributed by atoms with Crippen LogP contribution in [0.3, 0.4) is 0 Å². The van der Waals surface area contributed by atoms with Gasteiger partial charge in [-0.3, -0.25) is 0 Å². The van der Waals surface area contributed by atoms with E-state index in [0.29, 0.717) is 0 Å². The summed E-state index contributed by atoms with van der Waals surface area (Å²) in [6.45, 7) is 0. The molecule has 0 aromatic heterocycles. The van der Waals surface area contributed by atoms with Crippen LogP contribution in [0.4, 0.5) is 0 Å². The first-order chi connectivity index (χ1) is 7.36. The van der Waals surface area contributed by atoms with Crippen LogP contribution in [-0.4, -0.2) is 57.9 Å². The average Bonchev–Trinajstić information content (AvgIpc) is 2.55. The van der Waals surface area contributed by atoms with E-state index in [2.05, 4.69) is 59.3 Å². The first-order valence-electron chi connectivity index (χ1n) is 5.15. The second kappa shape index (κ2) is 5.90. The predicted octanol–water partition coefficient (Wildman–Crippen LogP) is 3.60. The zero-order chi connectivity index (χ0) is 10.1. The van der Waals surface area contributed by atoms with Crippen molar-refractivity contribution in [2.45, 2.75) is 10.5 Å². The van der Waals surface area contributed by atoms with Crippen molar-refractivity contribution in [2.24, 2.45) is 0 Å². The molecule has 0 unspecified atom stereocenters. The molecule has 0 aromatic carbocycles. The summed E-state index contributed by atoms with van der Waals surface area (Å²) in [5.74, 6) is 8.71. The van der Waals surface area contributed by atoms with Crippen LogP contribution in [0.25, 0.3) is 0 Å². The fourth-order valence-corrected chi connectivity index (χ4v) is 67.8. The van der Waals surface area contributed by atoms with Crippen LogP contribution >= 0.6 is 59.3 Å². The fraction of sp³-hybridized carbons (Fsp3) is 1.00. The standard InChI is InChI=1S/2C3H6S2.C2H6S2.Sn/c2*4-3-1-5-2-3;3-1-2-4;/h2*3-4H,1-2H2;3-4H,1-2H2;/q;;;+4/p-4. The molecule has 0 aromatic rings. The van der Waals surface area contributed by atoms with Crippen molar-refractivity contribution in [1.82, 2.24) is 0 Å². The Morgan fingerprint density at radius 1 is 0.800 bits per heavy atom. The predicted molar refractivity (Wildman–Crippen MR) is 88.1 cm³/mol. The van der Waals surface area contributed by atoms with Crippen molar-refractivity contribution in [3.63, 3.8) is 0 Å². The molecule has 0 spiro atoms. The topological polar surface area (TPSA) is 0 Å². The number of rotatable bonds is 4. The van der Waals surface area contributed by atoms with Crippen molar-refractivity contribution >= 4 is 72.2 Å². The Kier molecular flexibility index (Phi) is 5.08. The van der Waals surface area contributed by atoms with Crippen molar-refractivity contribution in [2.75, 3.05) is 34.5 Å². The van der Waals surface area contributed by atoms with Gasteiger partial charge in [0.25, 0.3) is 0 Å². The molecule has 3 heterocycles. The first-order valence-corrected chi connectivity index (χ1v) is 25.2. The summed E-state index contributed by atoms with van der Waals surface area (Å²) in [6, 6.07) is 0. The van der Waals surface area contributed by atoms with Gasteiger partial charge in [0, 0.05) is 0 Å². The van der Waals surface area contributed by atoms with Crippen molar-refractivity contribution in [3.05, 3.63) is 0 Å². The third-order valence-corrected chi connectivity index (χ3v) is 55.6. The molecule has 3 aliphatic rings. The summed E-state index contributed by atoms with van der Waals surface area (Å²) in [4.78, 5) is 0. The van der Waals surface area contributed by atoms with E-state index in [9.17, 15) is 0 Å². The Morgan fingerprint density at radius 2 is 1.27 bits per heavy atom. The summed E-state index contributed by atoms with van der Waals surface area (Å²) < 4.78 is 0. The molecule has 0 N–H and O–H groups in total. The third-order valence-electron chi connectivity index (χ3n) is 2.48. The molecule has 7 heteroatoms. The summed E-state index contributed by atoms with van der Waals surface area (Å²) >= 11 is 2.45. The van der Waals surface area contributed by atoms with E-state index in [-0.39, 0.29) is 0 Å². The molecule has 3 rings (SSSR count). The summed E-state index contributed by atoms with van der Waals surface area (Å²) in [5.41, 5.74) is 0. The Labute approximate surface area is 115 Å². The van der Waals surface area contributed by atoms with Gasteiger partial charge in [0.2, 0.25) is 0 Å². The van der Waals surface area contributed by atoms with Crippen LogP contribution in [0.15, 0.2) is 0 Å². The second-order valence-electron chi connectivity index (χ2n) is 3.75. The molecule has 86 valence electrons. The van der Waals surface area contributed by atoms with Crippen molar-refractivity contribution in [3.8, 4) is 0 Å². The normalized spacial score (nSPS) is 31.2. The van der Waals surface area contributed by atoms with E-state index < -0.39 is 12.8 Å². The van der Waals surface area contributed by atoms with Gasteiger partial charge in [-0.05, 0) is 0 Å². The third kappa shape index (κ3) is 3.26. The molecule has 3 fully saturated rings. The molecule has 0 bridgehead atoms. The van der Waals surface area contributed by atoms with E-state index in [4.69, 9.17) is 0 Å². The molecule has 0 atom stereocenters. The van der Waals surface area contributed by atoms with Gasteiger partial charge in [-0.1, -0.05) is 0 Å². The maximum absolute atomic E-state index is 2.49. The van der Waals surface area contributed by atoms with Gasteiger partial charge >= 0.3 is 117 Å². The van der Waals surface area contributed by atoms with E-state index in [1.807, 2.05) is 0 Å². The van der Waals surface area contributed by atoms with Gasteiger partial charge in [-0.25, -0.2) is 0 Å². The SMILES string of the molecule is C1C[S][Sn]([S]C2CSC2)([S]C2CSC2)[S]1. The Balaban J connectivity index is 1.58. The van der Waals surface area contributed by atoms with Gasteiger partial charge in [-0.15, -0.1) is 0 Å². The minimum absolute atomic E-state index is 1.05.